The van der Waals surface area contributed by atoms with Crippen LogP contribution in [0.2, 0.25) is 0 Å². The van der Waals surface area contributed by atoms with Gasteiger partial charge < -0.3 is 19.5 Å². The largest absolute Gasteiger partial charge is 0.432 e. The zero-order valence-corrected chi connectivity index (χ0v) is 12.3. The minimum atomic E-state index is 0.726. The molecule has 1 aliphatic rings. The molecule has 1 fully saturated rings. The lowest BCUT2D eigenvalue weighted by atomic mass is 10.3. The van der Waals surface area contributed by atoms with Gasteiger partial charge in [-0.2, -0.15) is 4.98 Å². The third-order valence-corrected chi connectivity index (χ3v) is 3.62. The Labute approximate surface area is 124 Å². The van der Waals surface area contributed by atoms with Gasteiger partial charge in [-0.3, -0.25) is 0 Å². The Hall–Kier alpha value is -2.08. The van der Waals surface area contributed by atoms with Gasteiger partial charge in [0.05, 0.1) is 5.69 Å². The van der Waals surface area contributed by atoms with Crippen LogP contribution in [0.25, 0.3) is 0 Å². The Morgan fingerprint density at radius 2 is 2.00 bits per heavy atom. The first-order chi connectivity index (χ1) is 10.4. The van der Waals surface area contributed by atoms with Crippen LogP contribution in [0.4, 0.5) is 11.8 Å². The molecule has 1 saturated heterocycles. The lowest BCUT2D eigenvalue weighted by Gasteiger charge is -2.34. The summed E-state index contributed by atoms with van der Waals surface area (Å²) in [5.74, 6) is 1.04. The lowest BCUT2D eigenvalue weighted by Crippen LogP contribution is -2.47. The predicted octanol–water partition coefficient (Wildman–Crippen LogP) is 1.51. The van der Waals surface area contributed by atoms with E-state index in [-0.39, 0.29) is 0 Å². The van der Waals surface area contributed by atoms with Gasteiger partial charge in [-0.05, 0) is 18.7 Å². The first kappa shape index (κ1) is 13.9. The van der Waals surface area contributed by atoms with E-state index in [4.69, 9.17) is 4.42 Å². The van der Waals surface area contributed by atoms with Gasteiger partial charge in [-0.25, -0.2) is 4.98 Å². The average molecular weight is 287 g/mol. The molecular weight excluding hydrogens is 266 g/mol. The van der Waals surface area contributed by atoms with Crippen LogP contribution in [0.3, 0.4) is 0 Å². The van der Waals surface area contributed by atoms with E-state index in [2.05, 4.69) is 38.1 Å². The van der Waals surface area contributed by atoms with Crippen molar-refractivity contribution < 1.29 is 4.42 Å². The van der Waals surface area contributed by atoms with Crippen LogP contribution < -0.4 is 15.1 Å². The molecule has 0 aliphatic carbocycles. The summed E-state index contributed by atoms with van der Waals surface area (Å²) >= 11 is 0. The summed E-state index contributed by atoms with van der Waals surface area (Å²) in [5.41, 5.74) is 0.957. The van der Waals surface area contributed by atoms with Crippen molar-refractivity contribution in [2.24, 2.45) is 0 Å². The van der Waals surface area contributed by atoms with Gasteiger partial charge in [-0.15, -0.1) is 0 Å². The highest BCUT2D eigenvalue weighted by molar-refractivity contribution is 5.41. The van der Waals surface area contributed by atoms with Crippen LogP contribution in [-0.4, -0.2) is 42.7 Å². The summed E-state index contributed by atoms with van der Waals surface area (Å²) in [4.78, 5) is 13.4. The summed E-state index contributed by atoms with van der Waals surface area (Å²) in [5, 5.41) is 3.25. The Kier molecular flexibility index (Phi) is 4.35. The summed E-state index contributed by atoms with van der Waals surface area (Å²) in [7, 11) is 0. The highest BCUT2D eigenvalue weighted by Gasteiger charge is 2.21. The van der Waals surface area contributed by atoms with Crippen molar-refractivity contribution in [3.05, 3.63) is 36.4 Å². The van der Waals surface area contributed by atoms with E-state index in [1.54, 1.807) is 6.26 Å². The zero-order chi connectivity index (χ0) is 14.5. The molecule has 0 atom stereocenters. The molecule has 0 aromatic carbocycles. The van der Waals surface area contributed by atoms with Crippen molar-refractivity contribution in [2.45, 2.75) is 13.5 Å². The smallest absolute Gasteiger partial charge is 0.297 e. The van der Waals surface area contributed by atoms with E-state index in [0.717, 1.165) is 56.8 Å². The number of oxazole rings is 1. The Morgan fingerprint density at radius 1 is 1.19 bits per heavy atom. The highest BCUT2D eigenvalue weighted by Crippen LogP contribution is 2.18. The van der Waals surface area contributed by atoms with Gasteiger partial charge in [0.2, 0.25) is 0 Å². The minimum Gasteiger partial charge on any atom is -0.432 e. The lowest BCUT2D eigenvalue weighted by molar-refractivity contribution is 0.514. The quantitative estimate of drug-likeness (QED) is 0.899. The van der Waals surface area contributed by atoms with Gasteiger partial charge in [0.1, 0.15) is 12.1 Å². The molecule has 0 radical (unpaired) electrons. The molecule has 3 heterocycles. The molecule has 0 unspecified atom stereocenters. The molecule has 1 aliphatic heterocycles. The van der Waals surface area contributed by atoms with E-state index in [1.807, 2.05) is 18.3 Å². The fourth-order valence-corrected chi connectivity index (χ4v) is 2.44. The van der Waals surface area contributed by atoms with Crippen LogP contribution in [0.5, 0.6) is 0 Å². The number of rotatable bonds is 5. The second-order valence-electron chi connectivity index (χ2n) is 5.06. The SMILES string of the molecule is CCNCc1coc(N2CCN(c3ccccn3)CC2)n1. The third-order valence-electron chi connectivity index (χ3n) is 3.62. The van der Waals surface area contributed by atoms with Crippen LogP contribution in [-0.2, 0) is 6.54 Å². The van der Waals surface area contributed by atoms with E-state index in [9.17, 15) is 0 Å². The van der Waals surface area contributed by atoms with Crippen molar-refractivity contribution in [3.8, 4) is 0 Å². The zero-order valence-electron chi connectivity index (χ0n) is 12.3. The maximum Gasteiger partial charge on any atom is 0.297 e. The van der Waals surface area contributed by atoms with Crippen molar-refractivity contribution in [1.29, 1.82) is 0 Å². The molecule has 0 amide bonds. The van der Waals surface area contributed by atoms with Crippen molar-refractivity contribution in [2.75, 3.05) is 42.5 Å². The Balaban J connectivity index is 1.57. The van der Waals surface area contributed by atoms with Crippen molar-refractivity contribution >= 4 is 11.8 Å². The topological polar surface area (TPSA) is 57.4 Å². The third kappa shape index (κ3) is 3.33. The minimum absolute atomic E-state index is 0.726. The molecule has 6 nitrogen and oxygen atoms in total. The first-order valence-corrected chi connectivity index (χ1v) is 7.43. The molecule has 2 aromatic rings. The molecule has 0 saturated carbocycles. The van der Waals surface area contributed by atoms with Gasteiger partial charge in [0, 0.05) is 38.9 Å². The van der Waals surface area contributed by atoms with Crippen molar-refractivity contribution in [1.82, 2.24) is 15.3 Å². The first-order valence-electron chi connectivity index (χ1n) is 7.43. The van der Waals surface area contributed by atoms with Gasteiger partial charge in [0.15, 0.2) is 0 Å². The molecule has 6 heteroatoms. The second-order valence-corrected chi connectivity index (χ2v) is 5.06. The highest BCUT2D eigenvalue weighted by atomic mass is 16.4. The van der Waals surface area contributed by atoms with Crippen molar-refractivity contribution in [3.63, 3.8) is 0 Å². The maximum absolute atomic E-state index is 5.58. The number of nitrogens with zero attached hydrogens (tertiary/aromatic N) is 4. The molecule has 3 rings (SSSR count). The van der Waals surface area contributed by atoms with Gasteiger partial charge in [-0.1, -0.05) is 13.0 Å². The fourth-order valence-electron chi connectivity index (χ4n) is 2.44. The molecule has 2 aromatic heterocycles. The number of pyridine rings is 1. The number of hydrogen-bond donors (Lipinski definition) is 1. The number of aromatic nitrogens is 2. The van der Waals surface area contributed by atoms with E-state index in [1.165, 1.54) is 0 Å². The van der Waals surface area contributed by atoms with Crippen LogP contribution >= 0.6 is 0 Å². The van der Waals surface area contributed by atoms with Crippen LogP contribution in [0.15, 0.2) is 35.1 Å². The standard InChI is InChI=1S/C15H21N5O/c1-2-16-11-13-12-21-15(18-13)20-9-7-19(8-10-20)14-5-3-4-6-17-14/h3-6,12,16H,2,7-11H2,1H3. The molecular formula is C15H21N5O. The summed E-state index contributed by atoms with van der Waals surface area (Å²) in [6.07, 6.45) is 3.58. The Bertz CT molecular complexity index is 548. The maximum atomic E-state index is 5.58. The average Bonchev–Trinajstić information content (AvgIpc) is 3.03. The Morgan fingerprint density at radius 3 is 2.71 bits per heavy atom. The van der Waals surface area contributed by atoms with Crippen LogP contribution in [0, 0.1) is 0 Å². The van der Waals surface area contributed by atoms with Gasteiger partial charge >= 0.3 is 0 Å². The summed E-state index contributed by atoms with van der Waals surface area (Å²) < 4.78 is 5.58. The summed E-state index contributed by atoms with van der Waals surface area (Å²) in [6, 6.07) is 6.74. The molecule has 1 N–H and O–H groups in total. The number of nitrogens with one attached hydrogen (secondary N) is 1. The number of piperazine rings is 1. The van der Waals surface area contributed by atoms with Crippen LogP contribution in [0.1, 0.15) is 12.6 Å². The monoisotopic (exact) mass is 287 g/mol. The van der Waals surface area contributed by atoms with E-state index < -0.39 is 0 Å². The predicted molar refractivity (Wildman–Crippen MR) is 82.5 cm³/mol. The van der Waals surface area contributed by atoms with Gasteiger partial charge in [0.25, 0.3) is 6.01 Å². The number of hydrogen-bond acceptors (Lipinski definition) is 6. The molecule has 0 spiro atoms. The molecule has 21 heavy (non-hydrogen) atoms. The molecule has 0 bridgehead atoms. The molecule has 112 valence electrons. The van der Waals surface area contributed by atoms with E-state index in [0.29, 0.717) is 0 Å². The van der Waals surface area contributed by atoms with E-state index >= 15 is 0 Å². The summed E-state index contributed by atoms with van der Waals surface area (Å²) in [6.45, 7) is 7.44. The second kappa shape index (κ2) is 6.58. The number of anilines is 2. The fraction of sp³-hybridized carbons (Fsp3) is 0.467. The normalized spacial score (nSPS) is 15.5.